The van der Waals surface area contributed by atoms with Gasteiger partial charge in [-0.25, -0.2) is 4.39 Å². The number of rotatable bonds is 2. The van der Waals surface area contributed by atoms with E-state index in [9.17, 15) is 4.39 Å². The number of aromatic nitrogens is 1. The summed E-state index contributed by atoms with van der Waals surface area (Å²) in [6.45, 7) is 3.46. The second-order valence-electron chi connectivity index (χ2n) is 5.54. The maximum absolute atomic E-state index is 13.6. The molecule has 1 atom stereocenters. The van der Waals surface area contributed by atoms with Crippen LogP contribution in [0.3, 0.4) is 0 Å². The van der Waals surface area contributed by atoms with Gasteiger partial charge in [-0.05, 0) is 44.0 Å². The molecule has 0 aliphatic carbocycles. The van der Waals surface area contributed by atoms with Crippen molar-refractivity contribution in [1.29, 1.82) is 0 Å². The lowest BCUT2D eigenvalue weighted by atomic mass is 9.84. The van der Waals surface area contributed by atoms with Crippen LogP contribution in [0.1, 0.15) is 12.8 Å². The number of nitrogens with zero attached hydrogens (tertiary/aromatic N) is 2. The lowest BCUT2D eigenvalue weighted by molar-refractivity contribution is 0.0973. The smallest absolute Gasteiger partial charge is 0.204 e. The molecule has 0 radical (unpaired) electrons. The first kappa shape index (κ1) is 13.6. The van der Waals surface area contributed by atoms with Crippen molar-refractivity contribution in [2.75, 3.05) is 25.0 Å². The molecule has 4 nitrogen and oxygen atoms in total. The van der Waals surface area contributed by atoms with E-state index < -0.39 is 0 Å². The molecule has 1 aromatic carbocycles. The monoisotopic (exact) mass is 297 g/mol. The first-order chi connectivity index (χ1) is 9.31. The van der Waals surface area contributed by atoms with Gasteiger partial charge in [0.25, 0.3) is 0 Å². The second-order valence-corrected chi connectivity index (χ2v) is 5.54. The molecule has 108 valence electrons. The first-order valence-electron chi connectivity index (χ1n) is 6.84. The van der Waals surface area contributed by atoms with Crippen molar-refractivity contribution in [1.82, 2.24) is 10.1 Å². The molecule has 2 aromatic rings. The Morgan fingerprint density at radius 2 is 2.10 bits per heavy atom. The number of hydrogen-bond acceptors (Lipinski definition) is 4. The zero-order chi connectivity index (χ0) is 12.8. The maximum atomic E-state index is 13.6. The summed E-state index contributed by atoms with van der Waals surface area (Å²) in [5, 5.41) is 8.17. The molecule has 2 bridgehead atoms. The van der Waals surface area contributed by atoms with E-state index >= 15 is 0 Å². The number of hydrogen-bond donors (Lipinski definition) is 1. The van der Waals surface area contributed by atoms with Crippen molar-refractivity contribution in [3.05, 3.63) is 24.0 Å². The van der Waals surface area contributed by atoms with Gasteiger partial charge in [0.05, 0.1) is 5.39 Å². The highest BCUT2D eigenvalue weighted by Crippen LogP contribution is 2.32. The van der Waals surface area contributed by atoms with Crippen LogP contribution in [0, 0.1) is 11.7 Å². The summed E-state index contributed by atoms with van der Waals surface area (Å²) in [6.07, 6.45) is 2.48. The zero-order valence-electron chi connectivity index (χ0n) is 11.0. The van der Waals surface area contributed by atoms with Gasteiger partial charge in [-0.2, -0.15) is 0 Å². The molecule has 3 fully saturated rings. The summed E-state index contributed by atoms with van der Waals surface area (Å²) in [5.41, 5.74) is 0.242. The highest BCUT2D eigenvalue weighted by molar-refractivity contribution is 5.88. The van der Waals surface area contributed by atoms with E-state index in [2.05, 4.69) is 15.4 Å². The van der Waals surface area contributed by atoms with Crippen LogP contribution < -0.4 is 5.32 Å². The second kappa shape index (κ2) is 5.22. The molecule has 1 N–H and O–H groups in total. The molecule has 1 aromatic heterocycles. The van der Waals surface area contributed by atoms with Gasteiger partial charge in [-0.15, -0.1) is 12.4 Å². The molecular formula is C14H17ClFN3O. The number of piperidine rings is 3. The molecule has 0 spiro atoms. The summed E-state index contributed by atoms with van der Waals surface area (Å²) < 4.78 is 18.7. The molecule has 3 aliphatic rings. The van der Waals surface area contributed by atoms with Gasteiger partial charge in [0.1, 0.15) is 0 Å². The van der Waals surface area contributed by atoms with Crippen molar-refractivity contribution in [2.24, 2.45) is 5.92 Å². The van der Waals surface area contributed by atoms with E-state index in [4.69, 9.17) is 4.52 Å². The van der Waals surface area contributed by atoms with Gasteiger partial charge in [-0.3, -0.25) is 0 Å². The van der Waals surface area contributed by atoms with Crippen molar-refractivity contribution in [2.45, 2.75) is 18.9 Å². The van der Waals surface area contributed by atoms with Crippen LogP contribution in [0.15, 0.2) is 22.7 Å². The minimum absolute atomic E-state index is 0. The normalized spacial score (nSPS) is 28.4. The van der Waals surface area contributed by atoms with Gasteiger partial charge in [-0.1, -0.05) is 11.2 Å². The van der Waals surface area contributed by atoms with Gasteiger partial charge in [0, 0.05) is 12.6 Å². The van der Waals surface area contributed by atoms with Crippen molar-refractivity contribution < 1.29 is 8.91 Å². The van der Waals surface area contributed by atoms with Gasteiger partial charge >= 0.3 is 0 Å². The highest BCUT2D eigenvalue weighted by atomic mass is 35.5. The third-order valence-corrected chi connectivity index (χ3v) is 4.43. The lowest BCUT2D eigenvalue weighted by Gasteiger charge is -2.44. The predicted molar refractivity (Wildman–Crippen MR) is 77.8 cm³/mol. The molecule has 0 saturated carbocycles. The fourth-order valence-electron chi connectivity index (χ4n) is 3.34. The van der Waals surface area contributed by atoms with E-state index in [1.54, 1.807) is 6.07 Å². The molecule has 3 saturated heterocycles. The Morgan fingerprint density at radius 1 is 1.30 bits per heavy atom. The average molecular weight is 298 g/mol. The van der Waals surface area contributed by atoms with Crippen LogP contribution >= 0.6 is 12.4 Å². The van der Waals surface area contributed by atoms with Crippen LogP contribution in [-0.2, 0) is 0 Å². The van der Waals surface area contributed by atoms with E-state index in [1.165, 1.54) is 32.0 Å². The van der Waals surface area contributed by atoms with Crippen molar-refractivity contribution in [3.63, 3.8) is 0 Å². The number of halogens is 2. The fraction of sp³-hybridized carbons (Fsp3) is 0.500. The van der Waals surface area contributed by atoms with E-state index in [1.807, 2.05) is 6.07 Å². The predicted octanol–water partition coefficient (Wildman–Crippen LogP) is 2.89. The SMILES string of the molecule is Cl.Fc1cccc2c(NC3CN4CCC3CC4)noc12. The minimum Gasteiger partial charge on any atom is -0.362 e. The Balaban J connectivity index is 0.00000121. The molecule has 3 aliphatic heterocycles. The van der Waals surface area contributed by atoms with Crippen LogP contribution in [0.5, 0.6) is 0 Å². The van der Waals surface area contributed by atoms with Crippen molar-refractivity contribution >= 4 is 29.2 Å². The lowest BCUT2D eigenvalue weighted by Crippen LogP contribution is -2.53. The van der Waals surface area contributed by atoms with Gasteiger partial charge in [0.2, 0.25) is 5.58 Å². The Bertz CT molecular complexity index is 609. The summed E-state index contributed by atoms with van der Waals surface area (Å²) >= 11 is 0. The van der Waals surface area contributed by atoms with Crippen molar-refractivity contribution in [3.8, 4) is 0 Å². The topological polar surface area (TPSA) is 41.3 Å². The summed E-state index contributed by atoms with van der Waals surface area (Å²) in [7, 11) is 0. The largest absolute Gasteiger partial charge is 0.362 e. The van der Waals surface area contributed by atoms with Crippen LogP contribution in [0.4, 0.5) is 10.2 Å². The molecule has 1 unspecified atom stereocenters. The maximum Gasteiger partial charge on any atom is 0.204 e. The molecule has 6 heteroatoms. The fourth-order valence-corrected chi connectivity index (χ4v) is 3.34. The molecule has 0 amide bonds. The summed E-state index contributed by atoms with van der Waals surface area (Å²) in [5.74, 6) is 1.02. The number of nitrogens with one attached hydrogen (secondary N) is 1. The van der Waals surface area contributed by atoms with Crippen LogP contribution in [0.2, 0.25) is 0 Å². The standard InChI is InChI=1S/C14H16FN3O.ClH/c15-11-3-1-2-10-13(11)19-17-14(10)16-12-8-18-6-4-9(12)5-7-18;/h1-3,9,12H,4-8H2,(H,16,17);1H. The van der Waals surface area contributed by atoms with E-state index in [0.717, 1.165) is 11.9 Å². The number of benzene rings is 1. The summed E-state index contributed by atoms with van der Waals surface area (Å²) in [6, 6.07) is 5.33. The number of anilines is 1. The Labute approximate surface area is 122 Å². The first-order valence-corrected chi connectivity index (χ1v) is 6.84. The van der Waals surface area contributed by atoms with E-state index in [0.29, 0.717) is 17.8 Å². The van der Waals surface area contributed by atoms with Crippen LogP contribution in [-0.4, -0.2) is 35.7 Å². The molecule has 20 heavy (non-hydrogen) atoms. The minimum atomic E-state index is -0.355. The molecule has 4 heterocycles. The zero-order valence-corrected chi connectivity index (χ0v) is 11.8. The third kappa shape index (κ3) is 2.15. The number of para-hydroxylation sites is 1. The summed E-state index contributed by atoms with van der Waals surface area (Å²) in [4.78, 5) is 2.47. The van der Waals surface area contributed by atoms with Gasteiger partial charge in [0.15, 0.2) is 11.6 Å². The molecule has 5 rings (SSSR count). The van der Waals surface area contributed by atoms with Crippen LogP contribution in [0.25, 0.3) is 11.0 Å². The Kier molecular flexibility index (Phi) is 3.56. The third-order valence-electron chi connectivity index (χ3n) is 4.43. The highest BCUT2D eigenvalue weighted by Gasteiger charge is 2.34. The quantitative estimate of drug-likeness (QED) is 0.925. The number of fused-ring (bicyclic) bond motifs is 4. The Hall–Kier alpha value is -1.33. The Morgan fingerprint density at radius 3 is 2.80 bits per heavy atom. The van der Waals surface area contributed by atoms with Gasteiger partial charge < -0.3 is 14.7 Å². The molecular weight excluding hydrogens is 281 g/mol. The van der Waals surface area contributed by atoms with E-state index in [-0.39, 0.29) is 23.8 Å². The average Bonchev–Trinajstić information content (AvgIpc) is 2.85.